The first-order valence-corrected chi connectivity index (χ1v) is 3.08. The molecule has 0 aromatic heterocycles. The number of hydrogen-bond donors (Lipinski definition) is 0. The quantitative estimate of drug-likeness (QED) is 0.469. The molecule has 0 fully saturated rings. The zero-order valence-electron chi connectivity index (χ0n) is 5.05. The third-order valence-electron chi connectivity index (χ3n) is 1.53. The Balaban J connectivity index is 2.54. The van der Waals surface area contributed by atoms with Crippen LogP contribution in [0.3, 0.4) is 0 Å². The lowest BCUT2D eigenvalue weighted by atomic mass is 10.2. The summed E-state index contributed by atoms with van der Waals surface area (Å²) in [5.41, 5.74) is 1.29. The monoisotopic (exact) mass is 119 g/mol. The van der Waals surface area contributed by atoms with Gasteiger partial charge in [0.05, 0.1) is 6.61 Å². The van der Waals surface area contributed by atoms with E-state index in [1.54, 1.807) is 0 Å². The Labute approximate surface area is 54.3 Å². The molecule has 0 bridgehead atoms. The van der Waals surface area contributed by atoms with Crippen molar-refractivity contribution in [3.8, 4) is 5.75 Å². The summed E-state index contributed by atoms with van der Waals surface area (Å²) >= 11 is 0. The fourth-order valence-corrected chi connectivity index (χ4v) is 1.06. The Hall–Kier alpha value is -0.980. The average molecular weight is 119 g/mol. The highest BCUT2D eigenvalue weighted by atomic mass is 16.5. The van der Waals surface area contributed by atoms with Crippen LogP contribution >= 0.6 is 0 Å². The molecule has 0 amide bonds. The van der Waals surface area contributed by atoms with Crippen molar-refractivity contribution in [2.24, 2.45) is 0 Å². The number of hydrogen-bond acceptors (Lipinski definition) is 1. The standard InChI is InChI=1S/C8H7O/c1-2-4-8-7(3-1)5-6-9-8/h2-4H,5-6H2/q-1. The lowest BCUT2D eigenvalue weighted by molar-refractivity contribution is 0.357. The molecule has 0 atom stereocenters. The van der Waals surface area contributed by atoms with Crippen LogP contribution < -0.4 is 4.74 Å². The summed E-state index contributed by atoms with van der Waals surface area (Å²) in [6, 6.07) is 8.84. The van der Waals surface area contributed by atoms with Gasteiger partial charge >= 0.3 is 0 Å². The molecule has 1 aromatic rings. The SMILES string of the molecule is [c-]1ccc2c(c1)CCO2. The van der Waals surface area contributed by atoms with Gasteiger partial charge in [0.25, 0.3) is 0 Å². The van der Waals surface area contributed by atoms with Crippen LogP contribution in [0.2, 0.25) is 0 Å². The molecule has 0 saturated carbocycles. The minimum atomic E-state index is 0.840. The van der Waals surface area contributed by atoms with Crippen LogP contribution in [0, 0.1) is 6.07 Å². The molecule has 9 heavy (non-hydrogen) atoms. The second-order valence-corrected chi connectivity index (χ2v) is 2.13. The topological polar surface area (TPSA) is 9.23 Å². The maximum atomic E-state index is 5.28. The van der Waals surface area contributed by atoms with E-state index in [0.717, 1.165) is 18.8 Å². The summed E-state index contributed by atoms with van der Waals surface area (Å²) in [5.74, 6) is 1.04. The lowest BCUT2D eigenvalue weighted by Gasteiger charge is -2.02. The van der Waals surface area contributed by atoms with E-state index in [9.17, 15) is 0 Å². The second-order valence-electron chi connectivity index (χ2n) is 2.13. The first-order chi connectivity index (χ1) is 4.47. The summed E-state index contributed by atoms with van der Waals surface area (Å²) in [6.45, 7) is 0.840. The molecule has 1 aliphatic heterocycles. The predicted octanol–water partition coefficient (Wildman–Crippen LogP) is 1.42. The van der Waals surface area contributed by atoms with Gasteiger partial charge in [-0.05, 0) is 6.42 Å². The molecule has 2 rings (SSSR count). The van der Waals surface area contributed by atoms with Crippen LogP contribution in [0.15, 0.2) is 18.2 Å². The zero-order chi connectivity index (χ0) is 6.10. The van der Waals surface area contributed by atoms with Crippen LogP contribution in [0.5, 0.6) is 5.75 Å². The van der Waals surface area contributed by atoms with Crippen molar-refractivity contribution in [2.45, 2.75) is 6.42 Å². The normalized spacial score (nSPS) is 14.7. The Morgan fingerprint density at radius 1 is 1.56 bits per heavy atom. The van der Waals surface area contributed by atoms with Gasteiger partial charge in [0, 0.05) is 5.75 Å². The molecule has 0 spiro atoms. The van der Waals surface area contributed by atoms with Crippen molar-refractivity contribution in [3.63, 3.8) is 0 Å². The number of ether oxygens (including phenoxy) is 1. The molecule has 1 heterocycles. The Kier molecular flexibility index (Phi) is 0.950. The van der Waals surface area contributed by atoms with Gasteiger partial charge in [-0.3, -0.25) is 0 Å². The summed E-state index contributed by atoms with van der Waals surface area (Å²) in [5, 5.41) is 0. The number of fused-ring (bicyclic) bond motifs is 1. The molecule has 0 unspecified atom stereocenters. The van der Waals surface area contributed by atoms with Gasteiger partial charge < -0.3 is 4.74 Å². The molecular formula is C8H7O-. The first-order valence-electron chi connectivity index (χ1n) is 3.08. The third-order valence-corrected chi connectivity index (χ3v) is 1.53. The van der Waals surface area contributed by atoms with E-state index in [1.165, 1.54) is 5.56 Å². The minimum Gasteiger partial charge on any atom is -0.519 e. The van der Waals surface area contributed by atoms with Gasteiger partial charge in [0.1, 0.15) is 0 Å². The van der Waals surface area contributed by atoms with Crippen molar-refractivity contribution in [1.29, 1.82) is 0 Å². The molecule has 1 aromatic carbocycles. The fraction of sp³-hybridized carbons (Fsp3) is 0.250. The van der Waals surface area contributed by atoms with Crippen molar-refractivity contribution in [2.75, 3.05) is 6.61 Å². The predicted molar refractivity (Wildman–Crippen MR) is 34.5 cm³/mol. The highest BCUT2D eigenvalue weighted by Crippen LogP contribution is 2.22. The van der Waals surface area contributed by atoms with Gasteiger partial charge in [-0.1, -0.05) is 0 Å². The van der Waals surface area contributed by atoms with Crippen LogP contribution in [-0.4, -0.2) is 6.61 Å². The smallest absolute Gasteiger partial charge is 0.0788 e. The van der Waals surface area contributed by atoms with Crippen molar-refractivity contribution in [3.05, 3.63) is 29.8 Å². The molecule has 0 N–H and O–H groups in total. The molecule has 0 aliphatic carbocycles. The van der Waals surface area contributed by atoms with E-state index >= 15 is 0 Å². The van der Waals surface area contributed by atoms with E-state index in [4.69, 9.17) is 4.74 Å². The zero-order valence-corrected chi connectivity index (χ0v) is 5.05. The van der Waals surface area contributed by atoms with Gasteiger partial charge in [-0.2, -0.15) is 18.2 Å². The summed E-state index contributed by atoms with van der Waals surface area (Å²) < 4.78 is 5.28. The van der Waals surface area contributed by atoms with Gasteiger partial charge in [-0.25, -0.2) is 0 Å². The van der Waals surface area contributed by atoms with Crippen LogP contribution in [0.1, 0.15) is 5.56 Å². The van der Waals surface area contributed by atoms with E-state index in [-0.39, 0.29) is 0 Å². The summed E-state index contributed by atoms with van der Waals surface area (Å²) in [7, 11) is 0. The Bertz CT molecular complexity index is 195. The first kappa shape index (κ1) is 4.86. The van der Waals surface area contributed by atoms with Crippen molar-refractivity contribution >= 4 is 0 Å². The Morgan fingerprint density at radius 2 is 2.56 bits per heavy atom. The van der Waals surface area contributed by atoms with Crippen molar-refractivity contribution < 1.29 is 4.74 Å². The molecule has 0 radical (unpaired) electrons. The number of rotatable bonds is 0. The lowest BCUT2D eigenvalue weighted by Crippen LogP contribution is -1.85. The summed E-state index contributed by atoms with van der Waals surface area (Å²) in [6.07, 6.45) is 1.05. The maximum absolute atomic E-state index is 5.28. The minimum absolute atomic E-state index is 0.840. The molecule has 0 saturated heterocycles. The van der Waals surface area contributed by atoms with E-state index < -0.39 is 0 Å². The van der Waals surface area contributed by atoms with Crippen LogP contribution in [-0.2, 0) is 6.42 Å². The maximum Gasteiger partial charge on any atom is 0.0788 e. The van der Waals surface area contributed by atoms with Crippen LogP contribution in [0.25, 0.3) is 0 Å². The largest absolute Gasteiger partial charge is 0.519 e. The molecule has 46 valence electrons. The van der Waals surface area contributed by atoms with E-state index in [1.807, 2.05) is 18.2 Å². The van der Waals surface area contributed by atoms with Crippen molar-refractivity contribution in [1.82, 2.24) is 0 Å². The molecule has 1 heteroatoms. The second kappa shape index (κ2) is 1.76. The van der Waals surface area contributed by atoms with Gasteiger partial charge in [0.15, 0.2) is 0 Å². The number of benzene rings is 1. The van der Waals surface area contributed by atoms with E-state index in [2.05, 4.69) is 6.07 Å². The van der Waals surface area contributed by atoms with Crippen LogP contribution in [0.4, 0.5) is 0 Å². The Morgan fingerprint density at radius 3 is 3.44 bits per heavy atom. The highest BCUT2D eigenvalue weighted by molar-refractivity contribution is 5.35. The summed E-state index contributed by atoms with van der Waals surface area (Å²) in [4.78, 5) is 0. The fourth-order valence-electron chi connectivity index (χ4n) is 1.06. The van der Waals surface area contributed by atoms with Gasteiger partial charge in [-0.15, -0.1) is 11.6 Å². The molecular weight excluding hydrogens is 112 g/mol. The molecule has 1 nitrogen and oxygen atoms in total. The average Bonchev–Trinajstić information content (AvgIpc) is 2.33. The molecule has 1 aliphatic rings. The van der Waals surface area contributed by atoms with Gasteiger partial charge in [0.2, 0.25) is 0 Å². The third kappa shape index (κ3) is 0.689. The van der Waals surface area contributed by atoms with E-state index in [0.29, 0.717) is 0 Å². The highest BCUT2D eigenvalue weighted by Gasteiger charge is 2.00.